The third-order valence-corrected chi connectivity index (χ3v) is 18.6. The van der Waals surface area contributed by atoms with E-state index >= 15 is 0 Å². The van der Waals surface area contributed by atoms with Gasteiger partial charge >= 0.3 is 0 Å². The number of carbonyl (C=O) groups is 4. The van der Waals surface area contributed by atoms with Gasteiger partial charge in [0.25, 0.3) is 23.6 Å². The molecular weight excluding hydrogens is 1230 g/mol. The number of amides is 4. The minimum absolute atomic E-state index is 0.267. The van der Waals surface area contributed by atoms with Crippen LogP contribution in [-0.4, -0.2) is 43.6 Å². The molecule has 4 amide bonds. The molecule has 500 valence electrons. The van der Waals surface area contributed by atoms with E-state index in [1.54, 1.807) is 48.5 Å². The summed E-state index contributed by atoms with van der Waals surface area (Å²) in [5, 5.41) is 16.1. The van der Waals surface area contributed by atoms with Crippen LogP contribution in [0.3, 0.4) is 0 Å². The summed E-state index contributed by atoms with van der Waals surface area (Å²) >= 11 is 0. The molecule has 8 N–H and O–H groups in total. The Morgan fingerprint density at radius 1 is 0.250 bits per heavy atom. The summed E-state index contributed by atoms with van der Waals surface area (Å²) < 4.78 is 0. The van der Waals surface area contributed by atoms with E-state index < -0.39 is 0 Å². The van der Waals surface area contributed by atoms with E-state index in [2.05, 4.69) is 209 Å². The lowest BCUT2D eigenvalue weighted by atomic mass is 9.78. The zero-order valence-electron chi connectivity index (χ0n) is 58.7. The molecule has 13 rings (SSSR count). The van der Waals surface area contributed by atoms with Crippen LogP contribution in [0.25, 0.3) is 22.3 Å². The molecule has 12 heteroatoms. The van der Waals surface area contributed by atoms with Gasteiger partial charge in [-0.25, -0.2) is 0 Å². The van der Waals surface area contributed by atoms with E-state index in [4.69, 9.17) is 0 Å². The van der Waals surface area contributed by atoms with Gasteiger partial charge in [0.2, 0.25) is 0 Å². The number of nitrogens with one attached hydrogen (secondary N) is 8. The molecule has 5 heterocycles. The highest BCUT2D eigenvalue weighted by Gasteiger charge is 2.30. The fourth-order valence-electron chi connectivity index (χ4n) is 13.0. The van der Waals surface area contributed by atoms with Gasteiger partial charge in [-0.05, 0) is 176 Å². The standard InChI is InChI=1S/C88H84N8O4/c1-85(2,3)59-47-57(48-60(51-59)86(4,5)6)75-67-39-43-71(89-67)79(77-63(93-81(97)53-27-17-13-18-28-53)35-25-36-64(77)94-82(98)54-29-19-14-20-30-54)73-45-41-69(91-73)76(58-49-61(87(7,8)9)52-62(50-58)88(10,11)12)70-42-46-74(92-70)80(72-44-40-68(75)90-72)78-65(95-83(99)55-31-21-15-22-32-55)37-26-38-66(78)96-84(100)56-33-23-16-24-34-56/h13-52,89-92H,1-12H3,(H,93,97)(H,94,98)(H,95,99)(H,96,100). The summed E-state index contributed by atoms with van der Waals surface area (Å²) in [5.74, 6) is -1.32. The monoisotopic (exact) mass is 1320 g/mol. The molecule has 0 unspecified atom stereocenters. The maximum Gasteiger partial charge on any atom is 0.255 e. The number of aromatic nitrogens is 4. The molecule has 0 fully saturated rings. The topological polar surface area (TPSA) is 180 Å². The highest BCUT2D eigenvalue weighted by Crippen LogP contribution is 2.41. The average Bonchev–Trinajstić information content (AvgIpc) is 1.56. The summed E-state index contributed by atoms with van der Waals surface area (Å²) in [6.45, 7) is 26.8. The zero-order chi connectivity index (χ0) is 70.4. The van der Waals surface area contributed by atoms with Crippen molar-refractivity contribution < 1.29 is 19.2 Å². The summed E-state index contributed by atoms with van der Waals surface area (Å²) in [5.41, 5.74) is 16.0. The van der Waals surface area contributed by atoms with Gasteiger partial charge < -0.3 is 41.2 Å². The lowest BCUT2D eigenvalue weighted by Crippen LogP contribution is -2.22. The maximum atomic E-state index is 14.7. The second-order valence-corrected chi connectivity index (χ2v) is 30.0. The molecule has 0 radical (unpaired) electrons. The first-order chi connectivity index (χ1) is 47.7. The smallest absolute Gasteiger partial charge is 0.255 e. The Kier molecular flexibility index (Phi) is 17.8. The van der Waals surface area contributed by atoms with E-state index in [9.17, 15) is 19.2 Å². The average molecular weight is 1320 g/mol. The van der Waals surface area contributed by atoms with Gasteiger partial charge in [0.15, 0.2) is 0 Å². The first-order valence-electron chi connectivity index (χ1n) is 34.1. The van der Waals surface area contributed by atoms with Crippen LogP contribution in [-0.2, 0) is 21.7 Å². The number of H-pyrrole nitrogens is 4. The fourth-order valence-corrected chi connectivity index (χ4v) is 13.0. The largest absolute Gasteiger partial charge is 0.354 e. The van der Waals surface area contributed by atoms with Crippen LogP contribution in [0.5, 0.6) is 0 Å². The SMILES string of the molecule is CC(C)(C)c1cc(C2=c3ccc([nH]3)=C(c3c(NC(=O)c4ccccc4)cccc3NC(=O)c3ccccc3)c3ccc([nH]3)C(c3cc(C(C)(C)C)cc(C(C)(C)C)c3)=c3ccc([nH]3)=C(c3c(NC(=O)c4ccccc4)cccc3NC(=O)c3ccccc3)c3ccc2[nH]3)cc(C(C)(C)C)c1. The Morgan fingerprint density at radius 2 is 0.480 bits per heavy atom. The van der Waals surface area contributed by atoms with Crippen molar-refractivity contribution in [2.75, 3.05) is 21.3 Å². The van der Waals surface area contributed by atoms with Crippen LogP contribution in [0.2, 0.25) is 0 Å². The molecule has 0 aliphatic carbocycles. The zero-order valence-corrected chi connectivity index (χ0v) is 58.7. The van der Waals surface area contributed by atoms with Crippen molar-refractivity contribution in [3.8, 4) is 0 Å². The number of fused-ring (bicyclic) bond motifs is 8. The number of carbonyl (C=O) groups excluding carboxylic acids is 4. The van der Waals surface area contributed by atoms with Crippen molar-refractivity contribution in [1.82, 2.24) is 19.9 Å². The summed E-state index contributed by atoms with van der Waals surface area (Å²) in [6, 6.07) is 78.0. The Morgan fingerprint density at radius 3 is 0.720 bits per heavy atom. The highest BCUT2D eigenvalue weighted by molar-refractivity contribution is 6.12. The first-order valence-corrected chi connectivity index (χ1v) is 34.1. The predicted molar refractivity (Wildman–Crippen MR) is 406 cm³/mol. The predicted octanol–water partition coefficient (Wildman–Crippen LogP) is 16.5. The van der Waals surface area contributed by atoms with Crippen molar-refractivity contribution in [1.29, 1.82) is 0 Å². The number of aromatic amines is 4. The number of hydrogen-bond acceptors (Lipinski definition) is 4. The van der Waals surface area contributed by atoms with Gasteiger partial charge in [-0.2, -0.15) is 0 Å². The Hall–Kier alpha value is -11.8. The molecule has 1 aliphatic rings. The first kappa shape index (κ1) is 66.8. The second-order valence-electron chi connectivity index (χ2n) is 30.0. The van der Waals surface area contributed by atoms with Gasteiger partial charge in [-0.15, -0.1) is 0 Å². The number of hydrogen-bond donors (Lipinski definition) is 8. The van der Waals surface area contributed by atoms with Gasteiger partial charge in [-0.1, -0.05) is 204 Å². The molecule has 0 spiro atoms. The summed E-state index contributed by atoms with van der Waals surface area (Å²) in [7, 11) is 0. The molecule has 0 saturated heterocycles. The Labute approximate surface area is 584 Å². The van der Waals surface area contributed by atoms with Crippen LogP contribution in [0.4, 0.5) is 22.7 Å². The molecular formula is C88H84N8O4. The molecule has 100 heavy (non-hydrogen) atoms. The van der Waals surface area contributed by atoms with Crippen LogP contribution < -0.4 is 42.7 Å². The van der Waals surface area contributed by atoms with Crippen molar-refractivity contribution in [2.45, 2.75) is 105 Å². The molecule has 8 bridgehead atoms. The molecule has 12 aromatic rings. The van der Waals surface area contributed by atoms with E-state index in [-0.39, 0.29) is 45.3 Å². The normalized spacial score (nSPS) is 12.7. The maximum absolute atomic E-state index is 14.7. The van der Waals surface area contributed by atoms with Crippen molar-refractivity contribution in [3.05, 3.63) is 354 Å². The van der Waals surface area contributed by atoms with Crippen LogP contribution in [0.1, 0.15) is 192 Å². The Balaban J connectivity index is 1.19. The van der Waals surface area contributed by atoms with E-state index in [1.807, 2.05) is 109 Å². The van der Waals surface area contributed by atoms with E-state index in [0.29, 0.717) is 89.4 Å². The fraction of sp³-hybridized carbons (Fsp3) is 0.182. The van der Waals surface area contributed by atoms with Crippen LogP contribution in [0.15, 0.2) is 243 Å². The number of rotatable bonds is 12. The second kappa shape index (κ2) is 26.6. The van der Waals surface area contributed by atoms with Gasteiger partial charge in [0, 0.05) is 99.8 Å². The van der Waals surface area contributed by atoms with Gasteiger partial charge in [-0.3, -0.25) is 19.2 Å². The van der Waals surface area contributed by atoms with Gasteiger partial charge in [0.1, 0.15) is 0 Å². The van der Waals surface area contributed by atoms with E-state index in [1.165, 1.54) is 0 Å². The van der Waals surface area contributed by atoms with Crippen LogP contribution >= 0.6 is 0 Å². The van der Waals surface area contributed by atoms with Gasteiger partial charge in [0.05, 0.1) is 22.7 Å². The summed E-state index contributed by atoms with van der Waals surface area (Å²) in [6.07, 6.45) is 0. The highest BCUT2D eigenvalue weighted by atomic mass is 16.2. The third kappa shape index (κ3) is 13.9. The molecule has 1 aliphatic heterocycles. The number of anilines is 4. The molecule has 0 saturated carbocycles. The third-order valence-electron chi connectivity index (χ3n) is 18.6. The number of benzene rings is 8. The Bertz CT molecular complexity index is 4860. The quantitative estimate of drug-likeness (QED) is 0.0607. The minimum atomic E-state index is -0.331. The van der Waals surface area contributed by atoms with Crippen LogP contribution in [0, 0.1) is 0 Å². The lowest BCUT2D eigenvalue weighted by Gasteiger charge is -2.26. The molecule has 8 aromatic carbocycles. The van der Waals surface area contributed by atoms with Crippen molar-refractivity contribution in [2.24, 2.45) is 0 Å². The van der Waals surface area contributed by atoms with Crippen molar-refractivity contribution in [3.63, 3.8) is 0 Å². The van der Waals surface area contributed by atoms with E-state index in [0.717, 1.165) is 66.6 Å². The summed E-state index contributed by atoms with van der Waals surface area (Å²) in [4.78, 5) is 74.8. The van der Waals surface area contributed by atoms with Crippen molar-refractivity contribution >= 4 is 68.7 Å². The lowest BCUT2D eigenvalue weighted by molar-refractivity contribution is 0.101. The minimum Gasteiger partial charge on any atom is -0.354 e. The molecule has 0 atom stereocenters. The molecule has 12 nitrogen and oxygen atoms in total. The molecule has 4 aromatic heterocycles.